The van der Waals surface area contributed by atoms with E-state index in [1.807, 2.05) is 0 Å². The largest absolute Gasteiger partial charge is 0.481 e. The van der Waals surface area contributed by atoms with Gasteiger partial charge < -0.3 is 9.84 Å². The molecule has 23 heavy (non-hydrogen) atoms. The number of carbonyl (C=O) groups excluding carboxylic acids is 3. The number of ketones is 2. The monoisotopic (exact) mass is 322 g/mol. The van der Waals surface area contributed by atoms with Gasteiger partial charge in [0.25, 0.3) is 0 Å². The Hall–Kier alpha value is -2.24. The zero-order chi connectivity index (χ0) is 17.8. The number of ether oxygens (including phenoxy) is 1. The highest BCUT2D eigenvalue weighted by Crippen LogP contribution is 2.38. The van der Waals surface area contributed by atoms with E-state index in [0.717, 1.165) is 0 Å². The maximum absolute atomic E-state index is 12.4. The third-order valence-electron chi connectivity index (χ3n) is 3.68. The van der Waals surface area contributed by atoms with Crippen LogP contribution in [0.1, 0.15) is 47.0 Å². The molecule has 0 spiro atoms. The molecule has 1 N–H and O–H groups in total. The summed E-state index contributed by atoms with van der Waals surface area (Å²) in [7, 11) is 0. The molecule has 0 amide bonds. The summed E-state index contributed by atoms with van der Waals surface area (Å²) in [6.45, 7) is 6.67. The molecule has 1 aliphatic rings. The molecule has 0 radical (unpaired) electrons. The Kier molecular flexibility index (Phi) is 6.01. The second-order valence-corrected chi connectivity index (χ2v) is 6.13. The zero-order valence-electron chi connectivity index (χ0n) is 13.9. The van der Waals surface area contributed by atoms with Gasteiger partial charge in [-0.25, -0.2) is 0 Å². The van der Waals surface area contributed by atoms with Crippen LogP contribution in [0.3, 0.4) is 0 Å². The van der Waals surface area contributed by atoms with Crippen molar-refractivity contribution in [1.82, 2.24) is 0 Å². The lowest BCUT2D eigenvalue weighted by Crippen LogP contribution is -2.30. The minimum Gasteiger partial charge on any atom is -0.481 e. The van der Waals surface area contributed by atoms with Gasteiger partial charge in [-0.3, -0.25) is 19.2 Å². The van der Waals surface area contributed by atoms with Crippen LogP contribution in [0.15, 0.2) is 22.8 Å². The van der Waals surface area contributed by atoms with Gasteiger partial charge in [-0.2, -0.15) is 0 Å². The first-order chi connectivity index (χ1) is 10.6. The maximum Gasteiger partial charge on any atom is 0.306 e. The number of esters is 1. The lowest BCUT2D eigenvalue weighted by Gasteiger charge is -2.29. The van der Waals surface area contributed by atoms with Crippen LogP contribution in [0, 0.1) is 5.41 Å². The van der Waals surface area contributed by atoms with Gasteiger partial charge >= 0.3 is 11.9 Å². The fourth-order valence-corrected chi connectivity index (χ4v) is 2.74. The van der Waals surface area contributed by atoms with Gasteiger partial charge in [-0.15, -0.1) is 0 Å². The molecule has 0 fully saturated rings. The van der Waals surface area contributed by atoms with Gasteiger partial charge in [0, 0.05) is 28.6 Å². The standard InChI is InChI=1S/C17H22O6/c1-5-23-14(21)7-6-11-15(17(3,4)9-13(19)20)12(18)8-10(2)16(11)22/h8H,5-7,9H2,1-4H3,(H,19,20). The van der Waals surface area contributed by atoms with Crippen LogP contribution in [-0.4, -0.2) is 35.2 Å². The molecule has 6 nitrogen and oxygen atoms in total. The molecule has 0 saturated carbocycles. The number of carboxylic acids is 1. The van der Waals surface area contributed by atoms with Gasteiger partial charge in [-0.1, -0.05) is 13.8 Å². The zero-order valence-corrected chi connectivity index (χ0v) is 13.9. The third kappa shape index (κ3) is 4.61. The van der Waals surface area contributed by atoms with E-state index in [1.54, 1.807) is 20.8 Å². The first kappa shape index (κ1) is 18.8. The first-order valence-electron chi connectivity index (χ1n) is 7.48. The molecule has 0 saturated heterocycles. The lowest BCUT2D eigenvalue weighted by atomic mass is 9.72. The number of aliphatic carboxylic acids is 1. The predicted octanol–water partition coefficient (Wildman–Crippen LogP) is 2.23. The number of hydrogen-bond donors (Lipinski definition) is 1. The smallest absolute Gasteiger partial charge is 0.306 e. The summed E-state index contributed by atoms with van der Waals surface area (Å²) in [6.07, 6.45) is 0.987. The quantitative estimate of drug-likeness (QED) is 0.570. The molecule has 126 valence electrons. The minimum absolute atomic E-state index is 0.0257. The maximum atomic E-state index is 12.4. The average molecular weight is 322 g/mol. The molecule has 0 atom stereocenters. The highest BCUT2D eigenvalue weighted by atomic mass is 16.5. The highest BCUT2D eigenvalue weighted by molar-refractivity contribution is 6.23. The van der Waals surface area contributed by atoms with Crippen molar-refractivity contribution in [3.05, 3.63) is 22.8 Å². The number of Topliss-reactive ketones (excluding diaryl/α,β-unsaturated/α-hetero) is 1. The van der Waals surface area contributed by atoms with Crippen molar-refractivity contribution in [3.63, 3.8) is 0 Å². The van der Waals surface area contributed by atoms with E-state index in [9.17, 15) is 19.2 Å². The molecule has 0 unspecified atom stereocenters. The summed E-state index contributed by atoms with van der Waals surface area (Å²) in [6, 6.07) is 0. The molecule has 0 aromatic rings. The van der Waals surface area contributed by atoms with Crippen molar-refractivity contribution in [2.45, 2.75) is 47.0 Å². The van der Waals surface area contributed by atoms with Gasteiger partial charge in [0.1, 0.15) is 0 Å². The molecule has 1 aliphatic carbocycles. The fourth-order valence-electron chi connectivity index (χ4n) is 2.74. The van der Waals surface area contributed by atoms with Crippen LogP contribution in [-0.2, 0) is 23.9 Å². The van der Waals surface area contributed by atoms with Gasteiger partial charge in [-0.05, 0) is 26.3 Å². The van der Waals surface area contributed by atoms with E-state index >= 15 is 0 Å². The Labute approximate surface area is 135 Å². The summed E-state index contributed by atoms with van der Waals surface area (Å²) in [5.74, 6) is -2.20. The number of allylic oxidation sites excluding steroid dienone is 4. The Balaban J connectivity index is 3.22. The Morgan fingerprint density at radius 3 is 2.39 bits per heavy atom. The van der Waals surface area contributed by atoms with Crippen molar-refractivity contribution in [1.29, 1.82) is 0 Å². The van der Waals surface area contributed by atoms with Crippen molar-refractivity contribution in [2.75, 3.05) is 6.61 Å². The van der Waals surface area contributed by atoms with E-state index in [2.05, 4.69) is 0 Å². The number of carboxylic acid groups (broad SMARTS) is 1. The average Bonchev–Trinajstić information content (AvgIpc) is 2.39. The van der Waals surface area contributed by atoms with Gasteiger partial charge in [0.05, 0.1) is 13.0 Å². The SMILES string of the molecule is CCOC(=O)CCC1=C(C(C)(C)CC(=O)O)C(=O)C=C(C)C1=O. The van der Waals surface area contributed by atoms with E-state index in [0.29, 0.717) is 5.57 Å². The van der Waals surface area contributed by atoms with E-state index < -0.39 is 17.4 Å². The molecule has 0 bridgehead atoms. The molecule has 0 heterocycles. The molecule has 0 aromatic heterocycles. The summed E-state index contributed by atoms with van der Waals surface area (Å²) in [4.78, 5) is 47.4. The van der Waals surface area contributed by atoms with Crippen molar-refractivity contribution >= 4 is 23.5 Å². The number of carbonyl (C=O) groups is 4. The molecule has 0 aliphatic heterocycles. The van der Waals surface area contributed by atoms with Crippen molar-refractivity contribution in [3.8, 4) is 0 Å². The van der Waals surface area contributed by atoms with Crippen LogP contribution in [0.2, 0.25) is 0 Å². The van der Waals surface area contributed by atoms with Crippen LogP contribution in [0.5, 0.6) is 0 Å². The third-order valence-corrected chi connectivity index (χ3v) is 3.68. The van der Waals surface area contributed by atoms with Gasteiger partial charge in [0.2, 0.25) is 0 Å². The Morgan fingerprint density at radius 1 is 1.26 bits per heavy atom. The molecule has 6 heteroatoms. The van der Waals surface area contributed by atoms with Crippen LogP contribution >= 0.6 is 0 Å². The highest BCUT2D eigenvalue weighted by Gasteiger charge is 2.37. The molecule has 1 rings (SSSR count). The van der Waals surface area contributed by atoms with E-state index in [1.165, 1.54) is 13.0 Å². The first-order valence-corrected chi connectivity index (χ1v) is 7.48. The Bertz CT molecular complexity index is 607. The summed E-state index contributed by atoms with van der Waals surface area (Å²) < 4.78 is 4.84. The second kappa shape index (κ2) is 7.35. The topological polar surface area (TPSA) is 97.7 Å². The fraction of sp³-hybridized carbons (Fsp3) is 0.529. The second-order valence-electron chi connectivity index (χ2n) is 6.13. The Morgan fingerprint density at radius 2 is 1.87 bits per heavy atom. The van der Waals surface area contributed by atoms with Gasteiger partial charge in [0.15, 0.2) is 11.6 Å². The number of rotatable bonds is 7. The van der Waals surface area contributed by atoms with Crippen LogP contribution in [0.25, 0.3) is 0 Å². The predicted molar refractivity (Wildman–Crippen MR) is 82.7 cm³/mol. The summed E-state index contributed by atoms with van der Waals surface area (Å²) >= 11 is 0. The molecule has 0 aromatic carbocycles. The van der Waals surface area contributed by atoms with Crippen LogP contribution < -0.4 is 0 Å². The van der Waals surface area contributed by atoms with Crippen molar-refractivity contribution in [2.24, 2.45) is 5.41 Å². The molecular weight excluding hydrogens is 300 g/mol. The summed E-state index contributed by atoms with van der Waals surface area (Å²) in [5, 5.41) is 9.05. The number of hydrogen-bond acceptors (Lipinski definition) is 5. The summed E-state index contributed by atoms with van der Waals surface area (Å²) in [5.41, 5.74) is -0.308. The van der Waals surface area contributed by atoms with E-state index in [-0.39, 0.29) is 48.6 Å². The minimum atomic E-state index is -1.06. The normalized spacial score (nSPS) is 15.6. The van der Waals surface area contributed by atoms with E-state index in [4.69, 9.17) is 9.84 Å². The van der Waals surface area contributed by atoms with Crippen molar-refractivity contribution < 1.29 is 29.0 Å². The lowest BCUT2D eigenvalue weighted by molar-refractivity contribution is -0.143. The van der Waals surface area contributed by atoms with Crippen LogP contribution in [0.4, 0.5) is 0 Å². The molecular formula is C17H22O6.